The summed E-state index contributed by atoms with van der Waals surface area (Å²) in [5, 5.41) is 2.26. The molecule has 72 valence electrons. The van der Waals surface area contributed by atoms with E-state index in [0.29, 0.717) is 0 Å². The molecule has 1 aromatic heterocycles. The molecule has 0 saturated carbocycles. The molecular formula is C11H13N3. The van der Waals surface area contributed by atoms with E-state index in [1.165, 1.54) is 0 Å². The van der Waals surface area contributed by atoms with Crippen molar-refractivity contribution in [3.8, 4) is 0 Å². The molecule has 0 radical (unpaired) electrons. The summed E-state index contributed by atoms with van der Waals surface area (Å²) in [6.45, 7) is 0. The van der Waals surface area contributed by atoms with Crippen LogP contribution in [-0.4, -0.2) is 19.1 Å². The normalized spacial score (nSPS) is 10.4. The SMILES string of the molecule is CN(C)c1nccc2cc(N)ccc12. The van der Waals surface area contributed by atoms with Gasteiger partial charge in [0.05, 0.1) is 0 Å². The average Bonchev–Trinajstić information content (AvgIpc) is 2.16. The number of nitrogens with two attached hydrogens (primary N) is 1. The predicted octanol–water partition coefficient (Wildman–Crippen LogP) is 1.88. The Morgan fingerprint density at radius 3 is 2.71 bits per heavy atom. The van der Waals surface area contributed by atoms with Crippen molar-refractivity contribution in [1.29, 1.82) is 0 Å². The Kier molecular flexibility index (Phi) is 2.00. The minimum absolute atomic E-state index is 0.786. The number of fused-ring (bicyclic) bond motifs is 1. The summed E-state index contributed by atoms with van der Waals surface area (Å²) in [6, 6.07) is 7.84. The highest BCUT2D eigenvalue weighted by atomic mass is 15.1. The third kappa shape index (κ3) is 1.37. The molecular weight excluding hydrogens is 174 g/mol. The number of aromatic nitrogens is 1. The van der Waals surface area contributed by atoms with Crippen molar-refractivity contribution in [1.82, 2.24) is 4.98 Å². The Hall–Kier alpha value is -1.77. The van der Waals surface area contributed by atoms with Crippen molar-refractivity contribution in [3.63, 3.8) is 0 Å². The summed E-state index contributed by atoms with van der Waals surface area (Å²) in [5.41, 5.74) is 6.50. The van der Waals surface area contributed by atoms with E-state index in [-0.39, 0.29) is 0 Å². The number of hydrogen-bond donors (Lipinski definition) is 1. The molecule has 2 rings (SSSR count). The molecule has 0 aliphatic carbocycles. The number of nitrogens with zero attached hydrogens (tertiary/aromatic N) is 2. The molecule has 3 heteroatoms. The molecule has 2 N–H and O–H groups in total. The zero-order valence-corrected chi connectivity index (χ0v) is 8.36. The fourth-order valence-corrected chi connectivity index (χ4v) is 1.54. The molecule has 0 amide bonds. The molecule has 0 aliphatic heterocycles. The van der Waals surface area contributed by atoms with Gasteiger partial charge in [0.25, 0.3) is 0 Å². The van der Waals surface area contributed by atoms with Crippen LogP contribution in [0.3, 0.4) is 0 Å². The van der Waals surface area contributed by atoms with Gasteiger partial charge in [0.1, 0.15) is 5.82 Å². The van der Waals surface area contributed by atoms with Crippen LogP contribution in [0.25, 0.3) is 10.8 Å². The first kappa shape index (κ1) is 8.81. The number of anilines is 2. The van der Waals surface area contributed by atoms with E-state index in [1.807, 2.05) is 43.3 Å². The van der Waals surface area contributed by atoms with Gasteiger partial charge in [-0.15, -0.1) is 0 Å². The van der Waals surface area contributed by atoms with E-state index in [2.05, 4.69) is 4.98 Å². The molecule has 1 aromatic carbocycles. The largest absolute Gasteiger partial charge is 0.399 e. The van der Waals surface area contributed by atoms with Crippen LogP contribution in [0.1, 0.15) is 0 Å². The van der Waals surface area contributed by atoms with Crippen LogP contribution in [0.2, 0.25) is 0 Å². The molecule has 0 fully saturated rings. The summed E-state index contributed by atoms with van der Waals surface area (Å²) >= 11 is 0. The van der Waals surface area contributed by atoms with Crippen LogP contribution in [-0.2, 0) is 0 Å². The Morgan fingerprint density at radius 1 is 1.21 bits per heavy atom. The maximum absolute atomic E-state index is 5.72. The molecule has 0 spiro atoms. The van der Waals surface area contributed by atoms with Gasteiger partial charge in [-0.1, -0.05) is 0 Å². The van der Waals surface area contributed by atoms with E-state index in [1.54, 1.807) is 6.20 Å². The minimum atomic E-state index is 0.786. The van der Waals surface area contributed by atoms with E-state index < -0.39 is 0 Å². The van der Waals surface area contributed by atoms with Crippen molar-refractivity contribution in [2.24, 2.45) is 0 Å². The maximum Gasteiger partial charge on any atom is 0.135 e. The van der Waals surface area contributed by atoms with Gasteiger partial charge in [-0.25, -0.2) is 4.98 Å². The lowest BCUT2D eigenvalue weighted by atomic mass is 10.1. The number of pyridine rings is 1. The van der Waals surface area contributed by atoms with Gasteiger partial charge in [-0.2, -0.15) is 0 Å². The predicted molar refractivity (Wildman–Crippen MR) is 60.5 cm³/mol. The van der Waals surface area contributed by atoms with Crippen molar-refractivity contribution >= 4 is 22.3 Å². The zero-order chi connectivity index (χ0) is 10.1. The lowest BCUT2D eigenvalue weighted by Gasteiger charge is -2.13. The third-order valence-corrected chi connectivity index (χ3v) is 2.19. The Bertz CT molecular complexity index is 463. The number of nitrogen functional groups attached to an aromatic ring is 1. The molecule has 0 bridgehead atoms. The summed E-state index contributed by atoms with van der Waals surface area (Å²) in [7, 11) is 3.97. The van der Waals surface area contributed by atoms with E-state index in [0.717, 1.165) is 22.3 Å². The van der Waals surface area contributed by atoms with Crippen molar-refractivity contribution < 1.29 is 0 Å². The van der Waals surface area contributed by atoms with E-state index in [4.69, 9.17) is 5.73 Å². The lowest BCUT2D eigenvalue weighted by molar-refractivity contribution is 1.08. The highest BCUT2D eigenvalue weighted by Crippen LogP contribution is 2.24. The van der Waals surface area contributed by atoms with Crippen molar-refractivity contribution in [2.75, 3.05) is 24.7 Å². The van der Waals surface area contributed by atoms with Crippen LogP contribution in [0, 0.1) is 0 Å². The minimum Gasteiger partial charge on any atom is -0.399 e. The number of rotatable bonds is 1. The van der Waals surface area contributed by atoms with Gasteiger partial charge in [0, 0.05) is 31.4 Å². The molecule has 0 atom stereocenters. The highest BCUT2D eigenvalue weighted by Gasteiger charge is 2.03. The first-order valence-corrected chi connectivity index (χ1v) is 4.50. The lowest BCUT2D eigenvalue weighted by Crippen LogP contribution is -2.10. The van der Waals surface area contributed by atoms with Gasteiger partial charge >= 0.3 is 0 Å². The van der Waals surface area contributed by atoms with Gasteiger partial charge in [-0.3, -0.25) is 0 Å². The third-order valence-electron chi connectivity index (χ3n) is 2.19. The van der Waals surface area contributed by atoms with Crippen molar-refractivity contribution in [2.45, 2.75) is 0 Å². The average molecular weight is 187 g/mol. The molecule has 0 aliphatic rings. The van der Waals surface area contributed by atoms with Gasteiger partial charge in [0.2, 0.25) is 0 Å². The maximum atomic E-state index is 5.72. The molecule has 2 aromatic rings. The van der Waals surface area contributed by atoms with Gasteiger partial charge in [-0.05, 0) is 29.7 Å². The second-order valence-corrected chi connectivity index (χ2v) is 3.51. The van der Waals surface area contributed by atoms with Crippen molar-refractivity contribution in [3.05, 3.63) is 30.5 Å². The molecule has 0 saturated heterocycles. The van der Waals surface area contributed by atoms with Gasteiger partial charge < -0.3 is 10.6 Å². The van der Waals surface area contributed by atoms with Crippen LogP contribution >= 0.6 is 0 Å². The second-order valence-electron chi connectivity index (χ2n) is 3.51. The fraction of sp³-hybridized carbons (Fsp3) is 0.182. The highest BCUT2D eigenvalue weighted by molar-refractivity contribution is 5.93. The molecule has 0 unspecified atom stereocenters. The standard InChI is InChI=1S/C11H13N3/c1-14(2)11-10-4-3-9(12)7-8(10)5-6-13-11/h3-7H,12H2,1-2H3. The molecule has 1 heterocycles. The fourth-order valence-electron chi connectivity index (χ4n) is 1.54. The van der Waals surface area contributed by atoms with Crippen LogP contribution in [0.15, 0.2) is 30.5 Å². The zero-order valence-electron chi connectivity index (χ0n) is 8.36. The summed E-state index contributed by atoms with van der Waals surface area (Å²) in [6.07, 6.45) is 1.80. The van der Waals surface area contributed by atoms with Crippen LogP contribution in [0.4, 0.5) is 11.5 Å². The van der Waals surface area contributed by atoms with Gasteiger partial charge in [0.15, 0.2) is 0 Å². The molecule has 3 nitrogen and oxygen atoms in total. The number of hydrogen-bond acceptors (Lipinski definition) is 3. The molecule has 14 heavy (non-hydrogen) atoms. The Labute approximate surface area is 83.2 Å². The summed E-state index contributed by atoms with van der Waals surface area (Å²) in [5.74, 6) is 0.975. The Morgan fingerprint density at radius 2 is 2.00 bits per heavy atom. The van der Waals surface area contributed by atoms with E-state index >= 15 is 0 Å². The van der Waals surface area contributed by atoms with E-state index in [9.17, 15) is 0 Å². The quantitative estimate of drug-likeness (QED) is 0.693. The number of benzene rings is 1. The Balaban J connectivity index is 2.75. The summed E-state index contributed by atoms with van der Waals surface area (Å²) in [4.78, 5) is 6.32. The summed E-state index contributed by atoms with van der Waals surface area (Å²) < 4.78 is 0. The first-order chi connectivity index (χ1) is 6.68. The smallest absolute Gasteiger partial charge is 0.135 e. The second kappa shape index (κ2) is 3.18. The topological polar surface area (TPSA) is 42.2 Å². The monoisotopic (exact) mass is 187 g/mol. The van der Waals surface area contributed by atoms with Crippen LogP contribution < -0.4 is 10.6 Å². The first-order valence-electron chi connectivity index (χ1n) is 4.50. The van der Waals surface area contributed by atoms with Crippen LogP contribution in [0.5, 0.6) is 0 Å².